The lowest BCUT2D eigenvalue weighted by Crippen LogP contribution is -2.18. The molecular formula is C8H2F5NO. The fraction of sp³-hybridized carbons (Fsp3) is 0.125. The van der Waals surface area contributed by atoms with E-state index >= 15 is 0 Å². The van der Waals surface area contributed by atoms with Crippen LogP contribution in [-0.4, -0.2) is 6.36 Å². The van der Waals surface area contributed by atoms with Gasteiger partial charge in [0.05, 0.1) is 0 Å². The van der Waals surface area contributed by atoms with Crippen LogP contribution in [0, 0.1) is 23.0 Å². The summed E-state index contributed by atoms with van der Waals surface area (Å²) in [5.74, 6) is -4.06. The molecule has 1 aromatic carbocycles. The van der Waals surface area contributed by atoms with Gasteiger partial charge in [-0.1, -0.05) is 0 Å². The highest BCUT2D eigenvalue weighted by Crippen LogP contribution is 2.29. The first-order valence-electron chi connectivity index (χ1n) is 3.48. The van der Waals surface area contributed by atoms with Crippen LogP contribution in [-0.2, 0) is 0 Å². The first-order chi connectivity index (χ1) is 6.83. The Kier molecular flexibility index (Phi) is 2.79. The van der Waals surface area contributed by atoms with Crippen molar-refractivity contribution in [3.05, 3.63) is 29.3 Å². The molecule has 0 spiro atoms. The highest BCUT2D eigenvalue weighted by molar-refractivity contribution is 5.44. The monoisotopic (exact) mass is 223 g/mol. The van der Waals surface area contributed by atoms with E-state index in [1.165, 1.54) is 6.07 Å². The van der Waals surface area contributed by atoms with Crippen LogP contribution in [0.2, 0.25) is 0 Å². The highest BCUT2D eigenvalue weighted by atomic mass is 19.4. The predicted molar refractivity (Wildman–Crippen MR) is 37.8 cm³/mol. The largest absolute Gasteiger partial charge is 0.573 e. The molecule has 80 valence electrons. The molecule has 0 heterocycles. The molecule has 15 heavy (non-hydrogen) atoms. The fourth-order valence-corrected chi connectivity index (χ4v) is 0.863. The van der Waals surface area contributed by atoms with Gasteiger partial charge in [0.1, 0.15) is 17.4 Å². The molecule has 0 aliphatic carbocycles. The molecule has 0 saturated heterocycles. The number of hydrogen-bond donors (Lipinski definition) is 0. The van der Waals surface area contributed by atoms with Crippen molar-refractivity contribution in [2.45, 2.75) is 6.36 Å². The summed E-state index contributed by atoms with van der Waals surface area (Å²) in [6.07, 6.45) is -5.13. The third-order valence-corrected chi connectivity index (χ3v) is 1.35. The first-order valence-corrected chi connectivity index (χ1v) is 3.48. The molecule has 1 rings (SSSR count). The van der Waals surface area contributed by atoms with Crippen molar-refractivity contribution in [1.82, 2.24) is 0 Å². The van der Waals surface area contributed by atoms with E-state index in [0.29, 0.717) is 6.07 Å². The van der Waals surface area contributed by atoms with Gasteiger partial charge in [-0.15, -0.1) is 13.2 Å². The number of nitrogens with zero attached hydrogens (tertiary/aromatic N) is 1. The van der Waals surface area contributed by atoms with Crippen molar-refractivity contribution in [2.75, 3.05) is 0 Å². The molecule has 2 nitrogen and oxygen atoms in total. The summed E-state index contributed by atoms with van der Waals surface area (Å²) < 4.78 is 63.8. The van der Waals surface area contributed by atoms with Crippen molar-refractivity contribution in [2.24, 2.45) is 0 Å². The Labute approximate surface area is 80.5 Å². The second-order valence-corrected chi connectivity index (χ2v) is 2.42. The minimum absolute atomic E-state index is 0.196. The number of hydrogen-bond acceptors (Lipinski definition) is 2. The normalized spacial score (nSPS) is 10.9. The molecular weight excluding hydrogens is 221 g/mol. The van der Waals surface area contributed by atoms with E-state index in [2.05, 4.69) is 4.74 Å². The van der Waals surface area contributed by atoms with E-state index < -0.39 is 29.3 Å². The van der Waals surface area contributed by atoms with Crippen LogP contribution in [0.15, 0.2) is 12.1 Å². The smallest absolute Gasteiger partial charge is 0.401 e. The average Bonchev–Trinajstić information content (AvgIpc) is 2.07. The third kappa shape index (κ3) is 2.80. The van der Waals surface area contributed by atoms with Crippen molar-refractivity contribution < 1.29 is 26.7 Å². The topological polar surface area (TPSA) is 33.0 Å². The summed E-state index contributed by atoms with van der Waals surface area (Å²) in [7, 11) is 0. The Hall–Kier alpha value is -1.84. The maximum atomic E-state index is 12.8. The van der Waals surface area contributed by atoms with Crippen LogP contribution < -0.4 is 4.74 Å². The van der Waals surface area contributed by atoms with E-state index in [4.69, 9.17) is 5.26 Å². The number of benzene rings is 1. The molecule has 1 aromatic rings. The van der Waals surface area contributed by atoms with Gasteiger partial charge >= 0.3 is 6.36 Å². The molecule has 0 amide bonds. The highest BCUT2D eigenvalue weighted by Gasteiger charge is 2.34. The molecule has 0 radical (unpaired) electrons. The summed E-state index contributed by atoms with van der Waals surface area (Å²) in [5.41, 5.74) is -0.857. The summed E-state index contributed by atoms with van der Waals surface area (Å²) in [6, 6.07) is 1.84. The number of halogens is 5. The minimum Gasteiger partial charge on any atom is -0.401 e. The molecule has 0 fully saturated rings. The molecule has 0 atom stereocenters. The van der Waals surface area contributed by atoms with E-state index in [0.717, 1.165) is 0 Å². The SMILES string of the molecule is N#Cc1cc(F)cc(F)c1OC(F)(F)F. The van der Waals surface area contributed by atoms with E-state index in [9.17, 15) is 22.0 Å². The van der Waals surface area contributed by atoms with Gasteiger partial charge in [-0.3, -0.25) is 0 Å². The predicted octanol–water partition coefficient (Wildman–Crippen LogP) is 2.74. The van der Waals surface area contributed by atoms with Crippen LogP contribution >= 0.6 is 0 Å². The van der Waals surface area contributed by atoms with Gasteiger partial charge in [0, 0.05) is 6.07 Å². The van der Waals surface area contributed by atoms with Crippen LogP contribution in [0.5, 0.6) is 5.75 Å². The van der Waals surface area contributed by atoms with Gasteiger partial charge in [-0.2, -0.15) is 5.26 Å². The molecule has 0 saturated carbocycles. The second kappa shape index (κ2) is 3.73. The zero-order valence-electron chi connectivity index (χ0n) is 6.90. The average molecular weight is 223 g/mol. The summed E-state index contributed by atoms with van der Waals surface area (Å²) in [4.78, 5) is 0. The van der Waals surface area contributed by atoms with Crippen LogP contribution in [0.4, 0.5) is 22.0 Å². The third-order valence-electron chi connectivity index (χ3n) is 1.35. The Morgan fingerprint density at radius 1 is 1.20 bits per heavy atom. The summed E-state index contributed by atoms with van der Waals surface area (Å²) >= 11 is 0. The van der Waals surface area contributed by atoms with Crippen molar-refractivity contribution in [3.63, 3.8) is 0 Å². The van der Waals surface area contributed by atoms with Gasteiger partial charge in [-0.05, 0) is 6.07 Å². The number of alkyl halides is 3. The van der Waals surface area contributed by atoms with E-state index in [1.54, 1.807) is 0 Å². The number of rotatable bonds is 1. The maximum absolute atomic E-state index is 12.8. The lowest BCUT2D eigenvalue weighted by molar-refractivity contribution is -0.275. The first kappa shape index (κ1) is 11.2. The zero-order chi connectivity index (χ0) is 11.6. The van der Waals surface area contributed by atoms with Gasteiger partial charge < -0.3 is 4.74 Å². The lowest BCUT2D eigenvalue weighted by Gasteiger charge is -2.10. The second-order valence-electron chi connectivity index (χ2n) is 2.42. The Morgan fingerprint density at radius 3 is 2.27 bits per heavy atom. The Balaban J connectivity index is 3.23. The van der Waals surface area contributed by atoms with Crippen molar-refractivity contribution in [3.8, 4) is 11.8 Å². The van der Waals surface area contributed by atoms with E-state index in [1.807, 2.05) is 0 Å². The molecule has 7 heteroatoms. The van der Waals surface area contributed by atoms with Gasteiger partial charge in [0.15, 0.2) is 11.6 Å². The Morgan fingerprint density at radius 2 is 1.80 bits per heavy atom. The number of ether oxygens (including phenoxy) is 1. The molecule has 0 unspecified atom stereocenters. The summed E-state index contributed by atoms with van der Waals surface area (Å²) in [5, 5.41) is 8.33. The molecule has 0 aliphatic heterocycles. The van der Waals surface area contributed by atoms with Crippen molar-refractivity contribution >= 4 is 0 Å². The summed E-state index contributed by atoms with van der Waals surface area (Å²) in [6.45, 7) is 0. The Bertz CT molecular complexity index is 420. The number of nitriles is 1. The van der Waals surface area contributed by atoms with E-state index in [-0.39, 0.29) is 6.07 Å². The minimum atomic E-state index is -5.13. The van der Waals surface area contributed by atoms with Gasteiger partial charge in [0.25, 0.3) is 0 Å². The van der Waals surface area contributed by atoms with Crippen molar-refractivity contribution in [1.29, 1.82) is 5.26 Å². The van der Waals surface area contributed by atoms with Gasteiger partial charge in [0.2, 0.25) is 0 Å². The van der Waals surface area contributed by atoms with Crippen LogP contribution in [0.3, 0.4) is 0 Å². The molecule has 0 aromatic heterocycles. The molecule has 0 bridgehead atoms. The zero-order valence-corrected chi connectivity index (χ0v) is 6.90. The molecule has 0 N–H and O–H groups in total. The quantitative estimate of drug-likeness (QED) is 0.685. The van der Waals surface area contributed by atoms with Crippen LogP contribution in [0.25, 0.3) is 0 Å². The van der Waals surface area contributed by atoms with Crippen LogP contribution in [0.1, 0.15) is 5.56 Å². The van der Waals surface area contributed by atoms with Gasteiger partial charge in [-0.25, -0.2) is 8.78 Å². The molecule has 0 aliphatic rings. The maximum Gasteiger partial charge on any atom is 0.573 e. The standard InChI is InChI=1S/C8H2F5NO/c9-5-1-4(3-14)7(6(10)2-5)15-8(11,12)13/h1-2H. The fourth-order valence-electron chi connectivity index (χ4n) is 0.863. The lowest BCUT2D eigenvalue weighted by atomic mass is 10.2.